The largest absolute Gasteiger partial charge is 0.331 e. The van der Waals surface area contributed by atoms with Crippen LogP contribution in [0.4, 0.5) is 0 Å². The molecule has 0 fully saturated rings. The molecule has 100 valence electrons. The second-order valence-corrected chi connectivity index (χ2v) is 5.47. The Kier molecular flexibility index (Phi) is 3.65. The highest BCUT2D eigenvalue weighted by Gasteiger charge is 2.08. The second kappa shape index (κ2) is 5.59. The van der Waals surface area contributed by atoms with E-state index in [9.17, 15) is 4.79 Å². The number of aldehydes is 1. The van der Waals surface area contributed by atoms with Crippen LogP contribution in [0.25, 0.3) is 11.0 Å². The fourth-order valence-corrected chi connectivity index (χ4v) is 2.84. The van der Waals surface area contributed by atoms with E-state index in [0.29, 0.717) is 5.56 Å². The molecule has 1 aromatic carbocycles. The minimum Gasteiger partial charge on any atom is -0.331 e. The van der Waals surface area contributed by atoms with E-state index in [2.05, 4.69) is 27.0 Å². The number of fused-ring (bicyclic) bond motifs is 1. The highest BCUT2D eigenvalue weighted by Crippen LogP contribution is 2.20. The summed E-state index contributed by atoms with van der Waals surface area (Å²) in [6.45, 7) is 0.796. The molecule has 0 radical (unpaired) electrons. The highest BCUT2D eigenvalue weighted by atomic mass is 79.9. The fraction of sp³-hybridized carbons (Fsp3) is 0.125. The molecule has 2 heterocycles. The summed E-state index contributed by atoms with van der Waals surface area (Å²) < 4.78 is 3.15. The lowest BCUT2D eigenvalue weighted by molar-refractivity contribution is 0.112. The van der Waals surface area contributed by atoms with E-state index >= 15 is 0 Å². The van der Waals surface area contributed by atoms with Gasteiger partial charge < -0.3 is 4.57 Å². The molecular weight excluding hydrogens is 316 g/mol. The zero-order chi connectivity index (χ0) is 13.9. The Morgan fingerprint density at radius 3 is 2.85 bits per heavy atom. The second-order valence-electron chi connectivity index (χ2n) is 4.61. The van der Waals surface area contributed by atoms with E-state index in [0.717, 1.165) is 34.8 Å². The molecule has 0 unspecified atom stereocenters. The van der Waals surface area contributed by atoms with Gasteiger partial charge >= 0.3 is 0 Å². The fourth-order valence-electron chi connectivity index (χ4n) is 2.36. The molecule has 0 N–H and O–H groups in total. The normalized spacial score (nSPS) is 10.8. The van der Waals surface area contributed by atoms with Crippen LogP contribution in [0.2, 0.25) is 0 Å². The van der Waals surface area contributed by atoms with Crippen molar-refractivity contribution in [3.8, 4) is 0 Å². The van der Waals surface area contributed by atoms with Gasteiger partial charge in [-0.3, -0.25) is 4.79 Å². The number of halogens is 1. The van der Waals surface area contributed by atoms with Crippen molar-refractivity contribution in [1.29, 1.82) is 0 Å². The zero-order valence-electron chi connectivity index (χ0n) is 10.8. The first kappa shape index (κ1) is 13.1. The van der Waals surface area contributed by atoms with Crippen molar-refractivity contribution in [1.82, 2.24) is 9.55 Å². The van der Waals surface area contributed by atoms with E-state index in [-0.39, 0.29) is 0 Å². The van der Waals surface area contributed by atoms with Gasteiger partial charge in [0.2, 0.25) is 0 Å². The van der Waals surface area contributed by atoms with Gasteiger partial charge in [0.25, 0.3) is 0 Å². The van der Waals surface area contributed by atoms with Crippen LogP contribution in [-0.4, -0.2) is 15.8 Å². The predicted octanol–water partition coefficient (Wildman–Crippen LogP) is 3.85. The third-order valence-corrected chi connectivity index (χ3v) is 4.15. The number of rotatable bonds is 4. The summed E-state index contributed by atoms with van der Waals surface area (Å²) in [5.41, 5.74) is 2.81. The maximum absolute atomic E-state index is 11.1. The molecule has 0 spiro atoms. The van der Waals surface area contributed by atoms with Gasteiger partial charge in [-0.05, 0) is 30.2 Å². The van der Waals surface area contributed by atoms with Crippen molar-refractivity contribution in [3.05, 3.63) is 64.4 Å². The third-order valence-electron chi connectivity index (χ3n) is 3.37. The SMILES string of the molecule is O=Cc1cn(CCc2ccccc2Br)c2ncccc12. The maximum atomic E-state index is 11.1. The standard InChI is InChI=1S/C16H13BrN2O/c17-15-6-2-1-4-12(15)7-9-19-10-13(11-20)14-5-3-8-18-16(14)19/h1-6,8,10-11H,7,9H2. The summed E-state index contributed by atoms with van der Waals surface area (Å²) in [4.78, 5) is 15.5. The first-order chi connectivity index (χ1) is 9.79. The molecule has 0 aliphatic rings. The molecule has 3 rings (SSSR count). The Morgan fingerprint density at radius 1 is 1.20 bits per heavy atom. The van der Waals surface area contributed by atoms with Gasteiger partial charge in [0.15, 0.2) is 6.29 Å². The van der Waals surface area contributed by atoms with Crippen molar-refractivity contribution < 1.29 is 4.79 Å². The van der Waals surface area contributed by atoms with Gasteiger partial charge in [-0.2, -0.15) is 0 Å². The van der Waals surface area contributed by atoms with Gasteiger partial charge in [0.1, 0.15) is 5.65 Å². The molecule has 0 saturated heterocycles. The molecule has 2 aromatic heterocycles. The number of nitrogens with zero attached hydrogens (tertiary/aromatic N) is 2. The Bertz CT molecular complexity index is 764. The summed E-state index contributed by atoms with van der Waals surface area (Å²) in [6.07, 6.45) is 5.41. The smallest absolute Gasteiger partial charge is 0.152 e. The molecular formula is C16H13BrN2O. The number of hydrogen-bond donors (Lipinski definition) is 0. The number of benzene rings is 1. The number of carbonyl (C=O) groups is 1. The maximum Gasteiger partial charge on any atom is 0.152 e. The van der Waals surface area contributed by atoms with Crippen LogP contribution in [-0.2, 0) is 13.0 Å². The average Bonchev–Trinajstić information content (AvgIpc) is 2.85. The van der Waals surface area contributed by atoms with Crippen molar-refractivity contribution in [2.75, 3.05) is 0 Å². The number of carbonyl (C=O) groups excluding carboxylic acids is 1. The summed E-state index contributed by atoms with van der Waals surface area (Å²) in [6, 6.07) is 12.0. The summed E-state index contributed by atoms with van der Waals surface area (Å²) in [5, 5.41) is 0.912. The first-order valence-electron chi connectivity index (χ1n) is 6.42. The summed E-state index contributed by atoms with van der Waals surface area (Å²) in [5.74, 6) is 0. The number of aryl methyl sites for hydroxylation is 2. The quantitative estimate of drug-likeness (QED) is 0.682. The molecule has 0 amide bonds. The molecule has 3 aromatic rings. The molecule has 20 heavy (non-hydrogen) atoms. The monoisotopic (exact) mass is 328 g/mol. The number of aromatic nitrogens is 2. The minimum absolute atomic E-state index is 0.695. The predicted molar refractivity (Wildman–Crippen MR) is 83.0 cm³/mol. The van der Waals surface area contributed by atoms with Crippen LogP contribution in [0.5, 0.6) is 0 Å². The molecule has 4 heteroatoms. The van der Waals surface area contributed by atoms with Crippen molar-refractivity contribution >= 4 is 33.2 Å². The summed E-state index contributed by atoms with van der Waals surface area (Å²) >= 11 is 3.56. The lowest BCUT2D eigenvalue weighted by Crippen LogP contribution is -2.01. The topological polar surface area (TPSA) is 34.9 Å². The van der Waals surface area contributed by atoms with E-state index in [1.165, 1.54) is 5.56 Å². The van der Waals surface area contributed by atoms with Crippen LogP contribution in [0.1, 0.15) is 15.9 Å². The van der Waals surface area contributed by atoms with Gasteiger partial charge in [-0.1, -0.05) is 34.1 Å². The molecule has 0 saturated carbocycles. The van der Waals surface area contributed by atoms with Gasteiger partial charge in [-0.15, -0.1) is 0 Å². The molecule has 0 bridgehead atoms. The lowest BCUT2D eigenvalue weighted by atomic mass is 10.1. The van der Waals surface area contributed by atoms with E-state index in [1.54, 1.807) is 6.20 Å². The molecule has 0 atom stereocenters. The van der Waals surface area contributed by atoms with Gasteiger partial charge in [-0.25, -0.2) is 4.98 Å². The van der Waals surface area contributed by atoms with E-state index in [1.807, 2.05) is 41.1 Å². The summed E-state index contributed by atoms with van der Waals surface area (Å²) in [7, 11) is 0. The van der Waals surface area contributed by atoms with E-state index in [4.69, 9.17) is 0 Å². The van der Waals surface area contributed by atoms with Crippen LogP contribution in [0, 0.1) is 0 Å². The van der Waals surface area contributed by atoms with Gasteiger partial charge in [0.05, 0.1) is 0 Å². The molecule has 0 aliphatic carbocycles. The van der Waals surface area contributed by atoms with Crippen LogP contribution < -0.4 is 0 Å². The van der Waals surface area contributed by atoms with Crippen LogP contribution in [0.15, 0.2) is 53.3 Å². The van der Waals surface area contributed by atoms with Gasteiger partial charge in [0, 0.05) is 34.4 Å². The minimum atomic E-state index is 0.695. The first-order valence-corrected chi connectivity index (χ1v) is 7.21. The van der Waals surface area contributed by atoms with Crippen LogP contribution in [0.3, 0.4) is 0 Å². The Labute approximate surface area is 125 Å². The number of pyridine rings is 1. The van der Waals surface area contributed by atoms with Crippen LogP contribution >= 0.6 is 15.9 Å². The Hall–Kier alpha value is -1.94. The zero-order valence-corrected chi connectivity index (χ0v) is 12.4. The Morgan fingerprint density at radius 2 is 2.05 bits per heavy atom. The molecule has 3 nitrogen and oxygen atoms in total. The third kappa shape index (κ3) is 2.39. The lowest BCUT2D eigenvalue weighted by Gasteiger charge is -2.06. The highest BCUT2D eigenvalue weighted by molar-refractivity contribution is 9.10. The van der Waals surface area contributed by atoms with Crippen molar-refractivity contribution in [2.45, 2.75) is 13.0 Å². The number of hydrogen-bond acceptors (Lipinski definition) is 2. The average molecular weight is 329 g/mol. The Balaban J connectivity index is 1.92. The van der Waals surface area contributed by atoms with Crippen molar-refractivity contribution in [2.24, 2.45) is 0 Å². The van der Waals surface area contributed by atoms with Crippen molar-refractivity contribution in [3.63, 3.8) is 0 Å². The van der Waals surface area contributed by atoms with E-state index < -0.39 is 0 Å². The molecule has 0 aliphatic heterocycles.